The third-order valence-corrected chi connectivity index (χ3v) is 4.83. The number of esters is 1. The maximum absolute atomic E-state index is 13.0. The van der Waals surface area contributed by atoms with Gasteiger partial charge in [-0.05, 0) is 30.6 Å². The van der Waals surface area contributed by atoms with Gasteiger partial charge in [0.05, 0.1) is 17.4 Å². The van der Waals surface area contributed by atoms with Crippen LogP contribution in [0, 0.1) is 10.1 Å². The van der Waals surface area contributed by atoms with Crippen LogP contribution in [0.1, 0.15) is 16.8 Å². The maximum atomic E-state index is 13.0. The van der Waals surface area contributed by atoms with Gasteiger partial charge in [-0.25, -0.2) is 4.79 Å². The third-order valence-electron chi connectivity index (χ3n) is 4.18. The van der Waals surface area contributed by atoms with E-state index in [-0.39, 0.29) is 11.6 Å². The minimum absolute atomic E-state index is 0.0632. The molecule has 1 atom stereocenters. The average Bonchev–Trinajstić information content (AvgIpc) is 2.66. The summed E-state index contributed by atoms with van der Waals surface area (Å²) in [6.45, 7) is 0. The number of non-ortho nitro benzene ring substituents is 1. The molecular weight excluding hydrogens is 356 g/mol. The van der Waals surface area contributed by atoms with E-state index in [0.29, 0.717) is 28.5 Å². The summed E-state index contributed by atoms with van der Waals surface area (Å²) in [5, 5.41) is 12.1. The van der Waals surface area contributed by atoms with Crippen LogP contribution in [-0.2, 0) is 9.53 Å². The van der Waals surface area contributed by atoms with Gasteiger partial charge in [0, 0.05) is 24.1 Å². The number of carbonyl (C=O) groups excluding carboxylic acids is 2. The number of ether oxygens (including phenoxy) is 1. The predicted octanol–water partition coefficient (Wildman–Crippen LogP) is 3.11. The molecule has 0 aromatic heterocycles. The summed E-state index contributed by atoms with van der Waals surface area (Å²) in [5.74, 6) is -0.174. The van der Waals surface area contributed by atoms with Crippen LogP contribution in [0.15, 0.2) is 36.4 Å². The molecule has 1 amide bonds. The monoisotopic (exact) mass is 376 g/mol. The largest absolute Gasteiger partial charge is 0.467 e. The van der Waals surface area contributed by atoms with Crippen LogP contribution in [0.2, 0.25) is 0 Å². The van der Waals surface area contributed by atoms with Gasteiger partial charge in [-0.15, -0.1) is 0 Å². The summed E-state index contributed by atoms with van der Waals surface area (Å²) in [6.07, 6.45) is 2.38. The van der Waals surface area contributed by atoms with Crippen LogP contribution in [0.4, 0.5) is 5.69 Å². The summed E-state index contributed by atoms with van der Waals surface area (Å²) < 4.78 is 4.82. The molecule has 0 aliphatic heterocycles. The SMILES string of the molecule is COC(=O)[C@H](CCSC)N(C)C(=O)c1cccc2c([N+](=O)[O-])cccc12. The molecule has 0 spiro atoms. The Morgan fingerprint density at radius 2 is 1.88 bits per heavy atom. The van der Waals surface area contributed by atoms with Crippen LogP contribution in [0.3, 0.4) is 0 Å². The van der Waals surface area contributed by atoms with Crippen molar-refractivity contribution in [3.63, 3.8) is 0 Å². The lowest BCUT2D eigenvalue weighted by atomic mass is 10.0. The fraction of sp³-hybridized carbons (Fsp3) is 0.333. The van der Waals surface area contributed by atoms with Crippen LogP contribution < -0.4 is 0 Å². The van der Waals surface area contributed by atoms with Gasteiger partial charge in [0.1, 0.15) is 6.04 Å². The fourth-order valence-electron chi connectivity index (χ4n) is 2.81. The first-order valence-corrected chi connectivity index (χ1v) is 9.31. The number of nitro groups is 1. The van der Waals surface area contributed by atoms with Gasteiger partial charge >= 0.3 is 5.97 Å². The normalized spacial score (nSPS) is 11.8. The zero-order valence-electron chi connectivity index (χ0n) is 14.8. The molecule has 0 radical (unpaired) electrons. The highest BCUT2D eigenvalue weighted by molar-refractivity contribution is 7.98. The number of hydrogen-bond acceptors (Lipinski definition) is 6. The molecule has 26 heavy (non-hydrogen) atoms. The topological polar surface area (TPSA) is 89.8 Å². The van der Waals surface area contributed by atoms with E-state index in [1.165, 1.54) is 18.1 Å². The summed E-state index contributed by atoms with van der Waals surface area (Å²) in [6, 6.07) is 8.71. The van der Waals surface area contributed by atoms with Crippen molar-refractivity contribution >= 4 is 40.1 Å². The van der Waals surface area contributed by atoms with E-state index in [4.69, 9.17) is 4.74 Å². The standard InChI is InChI=1S/C18H20N2O5S/c1-19(16(10-11-26-3)18(22)25-2)17(21)14-8-4-7-13-12(14)6-5-9-15(13)20(23)24/h4-9,16H,10-11H2,1-3H3/t16-/m0/s1. The predicted molar refractivity (Wildman–Crippen MR) is 101 cm³/mol. The molecule has 0 bridgehead atoms. The summed E-state index contributed by atoms with van der Waals surface area (Å²) >= 11 is 1.57. The Hall–Kier alpha value is -2.61. The molecule has 0 fully saturated rings. The van der Waals surface area contributed by atoms with Crippen molar-refractivity contribution in [2.75, 3.05) is 26.2 Å². The molecule has 0 aliphatic rings. The lowest BCUT2D eigenvalue weighted by molar-refractivity contribution is -0.383. The lowest BCUT2D eigenvalue weighted by Crippen LogP contribution is -2.43. The second kappa shape index (κ2) is 8.66. The van der Waals surface area contributed by atoms with Gasteiger partial charge in [0.2, 0.25) is 0 Å². The first-order chi connectivity index (χ1) is 12.4. The van der Waals surface area contributed by atoms with Crippen molar-refractivity contribution < 1.29 is 19.2 Å². The van der Waals surface area contributed by atoms with Gasteiger partial charge in [-0.3, -0.25) is 14.9 Å². The molecule has 0 aliphatic carbocycles. The number of nitrogens with zero attached hydrogens (tertiary/aromatic N) is 2. The number of thioether (sulfide) groups is 1. The molecule has 2 rings (SSSR count). The number of nitro benzene ring substituents is 1. The number of hydrogen-bond donors (Lipinski definition) is 0. The molecule has 0 unspecified atom stereocenters. The molecule has 2 aromatic rings. The second-order valence-corrected chi connectivity index (χ2v) is 6.66. The Morgan fingerprint density at radius 1 is 1.23 bits per heavy atom. The molecule has 8 heteroatoms. The minimum Gasteiger partial charge on any atom is -0.467 e. The van der Waals surface area contributed by atoms with Gasteiger partial charge in [-0.2, -0.15) is 11.8 Å². The Morgan fingerprint density at radius 3 is 2.50 bits per heavy atom. The quantitative estimate of drug-likeness (QED) is 0.419. The first-order valence-electron chi connectivity index (χ1n) is 7.92. The van der Waals surface area contributed by atoms with Gasteiger partial charge in [0.15, 0.2) is 0 Å². The van der Waals surface area contributed by atoms with Crippen molar-refractivity contribution in [1.29, 1.82) is 0 Å². The van der Waals surface area contributed by atoms with Crippen molar-refractivity contribution in [3.05, 3.63) is 52.1 Å². The smallest absolute Gasteiger partial charge is 0.328 e. The molecule has 0 heterocycles. The number of benzene rings is 2. The summed E-state index contributed by atoms with van der Waals surface area (Å²) in [7, 11) is 2.83. The second-order valence-electron chi connectivity index (χ2n) is 5.67. The van der Waals surface area contributed by atoms with Crippen LogP contribution >= 0.6 is 11.8 Å². The van der Waals surface area contributed by atoms with E-state index in [1.807, 2.05) is 6.26 Å². The molecule has 2 aromatic carbocycles. The number of amides is 1. The van der Waals surface area contributed by atoms with E-state index >= 15 is 0 Å². The number of fused-ring (bicyclic) bond motifs is 1. The highest BCUT2D eigenvalue weighted by Gasteiger charge is 2.29. The van der Waals surface area contributed by atoms with Gasteiger partial charge in [0.25, 0.3) is 11.6 Å². The van der Waals surface area contributed by atoms with Crippen molar-refractivity contribution in [3.8, 4) is 0 Å². The minimum atomic E-state index is -0.714. The van der Waals surface area contributed by atoms with Gasteiger partial charge < -0.3 is 9.64 Å². The summed E-state index contributed by atoms with van der Waals surface area (Å²) in [4.78, 5) is 37.2. The maximum Gasteiger partial charge on any atom is 0.328 e. The van der Waals surface area contributed by atoms with Crippen molar-refractivity contribution in [2.45, 2.75) is 12.5 Å². The summed E-state index contributed by atoms with van der Waals surface area (Å²) in [5.41, 5.74) is 0.249. The number of carbonyl (C=O) groups is 2. The fourth-order valence-corrected chi connectivity index (χ4v) is 3.26. The van der Waals surface area contributed by atoms with Gasteiger partial charge in [-0.1, -0.05) is 18.2 Å². The Balaban J connectivity index is 2.46. The zero-order chi connectivity index (χ0) is 19.3. The highest BCUT2D eigenvalue weighted by Crippen LogP contribution is 2.28. The Bertz CT molecular complexity index is 839. The average molecular weight is 376 g/mol. The molecule has 0 saturated heterocycles. The number of rotatable bonds is 7. The number of methoxy groups -OCH3 is 1. The first kappa shape index (κ1) is 19.7. The molecule has 0 N–H and O–H groups in total. The van der Waals surface area contributed by atoms with Crippen molar-refractivity contribution in [1.82, 2.24) is 4.90 Å². The van der Waals surface area contributed by atoms with E-state index < -0.39 is 16.9 Å². The third kappa shape index (κ3) is 3.96. The van der Waals surface area contributed by atoms with Crippen LogP contribution in [-0.4, -0.2) is 53.9 Å². The number of likely N-dealkylation sites (N-methyl/N-ethyl adjacent to an activating group) is 1. The Kier molecular flexibility index (Phi) is 6.57. The lowest BCUT2D eigenvalue weighted by Gasteiger charge is -2.26. The van der Waals surface area contributed by atoms with Crippen LogP contribution in [0.5, 0.6) is 0 Å². The molecule has 7 nitrogen and oxygen atoms in total. The molecular formula is C18H20N2O5S. The van der Waals surface area contributed by atoms with E-state index in [0.717, 1.165) is 0 Å². The van der Waals surface area contributed by atoms with Crippen LogP contribution in [0.25, 0.3) is 10.8 Å². The molecule has 138 valence electrons. The van der Waals surface area contributed by atoms with E-state index in [1.54, 1.807) is 49.1 Å². The highest BCUT2D eigenvalue weighted by atomic mass is 32.2. The molecule has 0 saturated carbocycles. The Labute approximate surface area is 155 Å². The van der Waals surface area contributed by atoms with Crippen molar-refractivity contribution in [2.24, 2.45) is 0 Å². The van der Waals surface area contributed by atoms with E-state index in [2.05, 4.69) is 0 Å². The van der Waals surface area contributed by atoms with E-state index in [9.17, 15) is 19.7 Å². The zero-order valence-corrected chi connectivity index (χ0v) is 15.6.